The van der Waals surface area contributed by atoms with Gasteiger partial charge >= 0.3 is 0 Å². The first-order valence-electron chi connectivity index (χ1n) is 5.80. The van der Waals surface area contributed by atoms with Crippen LogP contribution in [0.25, 0.3) is 0 Å². The Kier molecular flexibility index (Phi) is 4.97. The number of aliphatic hydroxyl groups is 1. The number of nitrogens with two attached hydrogens (primary N) is 1. The first kappa shape index (κ1) is 13.5. The molecular formula is C13H20N2O2. The monoisotopic (exact) mass is 236 g/mol. The van der Waals surface area contributed by atoms with Gasteiger partial charge < -0.3 is 16.2 Å². The molecule has 1 atom stereocenters. The van der Waals surface area contributed by atoms with Gasteiger partial charge in [-0.25, -0.2) is 0 Å². The summed E-state index contributed by atoms with van der Waals surface area (Å²) < 4.78 is 0. The summed E-state index contributed by atoms with van der Waals surface area (Å²) in [4.78, 5) is 11.9. The zero-order chi connectivity index (χ0) is 12.8. The molecule has 4 N–H and O–H groups in total. The lowest BCUT2D eigenvalue weighted by Crippen LogP contribution is -2.38. The highest BCUT2D eigenvalue weighted by Crippen LogP contribution is 2.11. The lowest BCUT2D eigenvalue weighted by atomic mass is 10.0. The normalized spacial score (nSPS) is 12.5. The first-order valence-corrected chi connectivity index (χ1v) is 5.80. The fourth-order valence-electron chi connectivity index (χ4n) is 1.72. The minimum absolute atomic E-state index is 0.0589. The Hall–Kier alpha value is -1.55. The van der Waals surface area contributed by atoms with Gasteiger partial charge in [-0.3, -0.25) is 4.79 Å². The molecule has 0 fully saturated rings. The quantitative estimate of drug-likeness (QED) is 0.676. The summed E-state index contributed by atoms with van der Waals surface area (Å²) in [6.07, 6.45) is 0.745. The molecule has 0 saturated carbocycles. The van der Waals surface area contributed by atoms with E-state index in [1.165, 1.54) is 0 Å². The molecule has 0 heterocycles. The van der Waals surface area contributed by atoms with Gasteiger partial charge in [0.25, 0.3) is 5.91 Å². The summed E-state index contributed by atoms with van der Waals surface area (Å²) in [6, 6.07) is 6.69. The van der Waals surface area contributed by atoms with E-state index >= 15 is 0 Å². The first-order chi connectivity index (χ1) is 8.04. The Morgan fingerprint density at radius 3 is 2.59 bits per heavy atom. The van der Waals surface area contributed by atoms with Crippen molar-refractivity contribution in [3.8, 4) is 0 Å². The van der Waals surface area contributed by atoms with Crippen LogP contribution in [0, 0.1) is 5.92 Å². The molecule has 0 bridgehead atoms. The van der Waals surface area contributed by atoms with E-state index in [4.69, 9.17) is 5.73 Å². The van der Waals surface area contributed by atoms with Crippen LogP contribution < -0.4 is 11.1 Å². The highest BCUT2D eigenvalue weighted by molar-refractivity contribution is 5.99. The third-order valence-electron chi connectivity index (χ3n) is 2.52. The van der Waals surface area contributed by atoms with Crippen LogP contribution in [0.3, 0.4) is 0 Å². The van der Waals surface area contributed by atoms with E-state index in [2.05, 4.69) is 5.32 Å². The highest BCUT2D eigenvalue weighted by Gasteiger charge is 2.15. The topological polar surface area (TPSA) is 75.3 Å². The van der Waals surface area contributed by atoms with E-state index in [1.807, 2.05) is 13.8 Å². The van der Waals surface area contributed by atoms with E-state index < -0.39 is 0 Å². The second-order valence-electron chi connectivity index (χ2n) is 4.57. The molecule has 1 aromatic rings. The molecule has 0 radical (unpaired) electrons. The number of carbonyl (C=O) groups excluding carboxylic acids is 1. The molecule has 17 heavy (non-hydrogen) atoms. The van der Waals surface area contributed by atoms with Crippen LogP contribution in [0.1, 0.15) is 30.6 Å². The molecule has 94 valence electrons. The molecule has 1 unspecified atom stereocenters. The average Bonchev–Trinajstić information content (AvgIpc) is 2.27. The molecule has 1 amide bonds. The standard InChI is InChI=1S/C13H20N2O2/c1-9(2)7-10(8-16)15-13(17)11-5-3-4-6-12(11)14/h3-6,9-10,16H,7-8,14H2,1-2H3,(H,15,17). The van der Waals surface area contributed by atoms with Crippen molar-refractivity contribution in [1.82, 2.24) is 5.32 Å². The predicted molar refractivity (Wildman–Crippen MR) is 68.6 cm³/mol. The lowest BCUT2D eigenvalue weighted by Gasteiger charge is -2.18. The summed E-state index contributed by atoms with van der Waals surface area (Å²) in [7, 11) is 0. The number of amides is 1. The SMILES string of the molecule is CC(C)CC(CO)NC(=O)c1ccccc1N. The minimum atomic E-state index is -0.234. The number of nitrogens with one attached hydrogen (secondary N) is 1. The molecule has 4 heteroatoms. The minimum Gasteiger partial charge on any atom is -0.398 e. The number of hydrogen-bond donors (Lipinski definition) is 3. The van der Waals surface area contributed by atoms with Gasteiger partial charge in [0.2, 0.25) is 0 Å². The molecule has 1 aromatic carbocycles. The van der Waals surface area contributed by atoms with Crippen molar-refractivity contribution in [2.24, 2.45) is 5.92 Å². The second-order valence-corrected chi connectivity index (χ2v) is 4.57. The maximum Gasteiger partial charge on any atom is 0.253 e. The maximum atomic E-state index is 11.9. The molecule has 0 aromatic heterocycles. The van der Waals surface area contributed by atoms with Gasteiger partial charge in [-0.05, 0) is 24.5 Å². The van der Waals surface area contributed by atoms with Crippen LogP contribution in [-0.2, 0) is 0 Å². The molecule has 0 saturated heterocycles. The van der Waals surface area contributed by atoms with Crippen molar-refractivity contribution in [1.29, 1.82) is 0 Å². The van der Waals surface area contributed by atoms with E-state index in [1.54, 1.807) is 24.3 Å². The van der Waals surface area contributed by atoms with Crippen molar-refractivity contribution >= 4 is 11.6 Å². The van der Waals surface area contributed by atoms with Gasteiger partial charge in [0.15, 0.2) is 0 Å². The number of nitrogen functional groups attached to an aromatic ring is 1. The van der Waals surface area contributed by atoms with Crippen LogP contribution in [0.2, 0.25) is 0 Å². The third kappa shape index (κ3) is 4.07. The molecule has 0 spiro atoms. The van der Waals surface area contributed by atoms with Crippen molar-refractivity contribution < 1.29 is 9.90 Å². The predicted octanol–water partition coefficient (Wildman–Crippen LogP) is 1.41. The lowest BCUT2D eigenvalue weighted by molar-refractivity contribution is 0.0909. The van der Waals surface area contributed by atoms with E-state index in [-0.39, 0.29) is 18.6 Å². The van der Waals surface area contributed by atoms with Crippen LogP contribution >= 0.6 is 0 Å². The number of aliphatic hydroxyl groups excluding tert-OH is 1. The molecular weight excluding hydrogens is 216 g/mol. The fourth-order valence-corrected chi connectivity index (χ4v) is 1.72. The van der Waals surface area contributed by atoms with Gasteiger partial charge in [-0.1, -0.05) is 26.0 Å². The van der Waals surface area contributed by atoms with Gasteiger partial charge in [-0.15, -0.1) is 0 Å². The number of para-hydroxylation sites is 1. The average molecular weight is 236 g/mol. The largest absolute Gasteiger partial charge is 0.398 e. The number of benzene rings is 1. The van der Waals surface area contributed by atoms with Crippen LogP contribution in [0.4, 0.5) is 5.69 Å². The van der Waals surface area contributed by atoms with Crippen molar-refractivity contribution in [2.75, 3.05) is 12.3 Å². The Labute approximate surface area is 102 Å². The highest BCUT2D eigenvalue weighted by atomic mass is 16.3. The smallest absolute Gasteiger partial charge is 0.253 e. The van der Waals surface area contributed by atoms with Gasteiger partial charge in [0.1, 0.15) is 0 Å². The Morgan fingerprint density at radius 2 is 2.06 bits per heavy atom. The molecule has 0 aliphatic heterocycles. The van der Waals surface area contributed by atoms with E-state index in [9.17, 15) is 9.90 Å². The van der Waals surface area contributed by atoms with Crippen molar-refractivity contribution in [3.05, 3.63) is 29.8 Å². The van der Waals surface area contributed by atoms with Crippen molar-refractivity contribution in [2.45, 2.75) is 26.3 Å². The molecule has 1 rings (SSSR count). The summed E-state index contributed by atoms with van der Waals surface area (Å²) >= 11 is 0. The van der Waals surface area contributed by atoms with Gasteiger partial charge in [0.05, 0.1) is 18.2 Å². The Morgan fingerprint density at radius 1 is 1.41 bits per heavy atom. The maximum absolute atomic E-state index is 11.9. The number of rotatable bonds is 5. The van der Waals surface area contributed by atoms with Crippen LogP contribution in [0.15, 0.2) is 24.3 Å². The number of carbonyl (C=O) groups is 1. The molecule has 4 nitrogen and oxygen atoms in total. The van der Waals surface area contributed by atoms with E-state index in [0.29, 0.717) is 17.2 Å². The van der Waals surface area contributed by atoms with Gasteiger partial charge in [0, 0.05) is 5.69 Å². The Balaban J connectivity index is 2.68. The summed E-state index contributed by atoms with van der Waals surface area (Å²) in [6.45, 7) is 4.04. The second kappa shape index (κ2) is 6.25. The number of anilines is 1. The zero-order valence-electron chi connectivity index (χ0n) is 10.3. The zero-order valence-corrected chi connectivity index (χ0v) is 10.3. The summed E-state index contributed by atoms with van der Waals surface area (Å²) in [5.41, 5.74) is 6.62. The van der Waals surface area contributed by atoms with E-state index in [0.717, 1.165) is 6.42 Å². The molecule has 0 aliphatic rings. The van der Waals surface area contributed by atoms with Crippen LogP contribution in [-0.4, -0.2) is 23.7 Å². The number of hydrogen-bond acceptors (Lipinski definition) is 3. The summed E-state index contributed by atoms with van der Waals surface area (Å²) in [5.74, 6) is 0.184. The van der Waals surface area contributed by atoms with Crippen LogP contribution in [0.5, 0.6) is 0 Å². The third-order valence-corrected chi connectivity index (χ3v) is 2.52. The van der Waals surface area contributed by atoms with Gasteiger partial charge in [-0.2, -0.15) is 0 Å². The van der Waals surface area contributed by atoms with Crippen molar-refractivity contribution in [3.63, 3.8) is 0 Å². The summed E-state index contributed by atoms with van der Waals surface area (Å²) in [5, 5.41) is 12.0. The fraction of sp³-hybridized carbons (Fsp3) is 0.462. The Bertz CT molecular complexity index is 377. The molecule has 0 aliphatic carbocycles.